The molecule has 0 fully saturated rings. The van der Waals surface area contributed by atoms with Crippen molar-refractivity contribution in [3.8, 4) is 0 Å². The minimum absolute atomic E-state index is 0.505. The molecule has 0 amide bonds. The molecule has 17 heteroatoms. The highest BCUT2D eigenvalue weighted by molar-refractivity contribution is 7.53. The van der Waals surface area contributed by atoms with Gasteiger partial charge < -0.3 is 43.6 Å². The largest absolute Gasteiger partial charge is 0.338 e. The van der Waals surface area contributed by atoms with Crippen LogP contribution in [0.15, 0.2) is 12.7 Å². The Balaban J connectivity index is 5.95. The average molecular weight is 476 g/mol. The number of quaternary nitrogens is 1. The fourth-order valence-corrected chi connectivity index (χ4v) is 5.24. The Kier molecular flexibility index (Phi) is 9.98. The lowest BCUT2D eigenvalue weighted by Crippen LogP contribution is -2.56. The molecule has 0 bridgehead atoms. The van der Waals surface area contributed by atoms with Crippen molar-refractivity contribution >= 4 is 30.4 Å². The molecule has 13 nitrogen and oxygen atoms in total. The van der Waals surface area contributed by atoms with Crippen LogP contribution in [0.5, 0.6) is 0 Å². The van der Waals surface area contributed by atoms with E-state index in [2.05, 4.69) is 6.58 Å². The summed E-state index contributed by atoms with van der Waals surface area (Å²) in [4.78, 5) is 73.4. The minimum atomic E-state index is -4.78. The van der Waals surface area contributed by atoms with Crippen LogP contribution >= 0.6 is 30.4 Å². The SMILES string of the molecule is C=CC(C[N+](CCP(=O)(O)O)(CCP(=O)(O)O)CCP(=O)(O)O)P(=O)(O)O. The normalized spacial score (nSPS) is 15.6. The second-order valence-corrected chi connectivity index (χ2v) is 13.4. The highest BCUT2D eigenvalue weighted by Gasteiger charge is 2.40. The van der Waals surface area contributed by atoms with E-state index in [1.807, 2.05) is 0 Å². The molecule has 0 aliphatic rings. The summed E-state index contributed by atoms with van der Waals surface area (Å²) in [5, 5.41) is 0. The average Bonchev–Trinajstić information content (AvgIpc) is 2.41. The molecule has 0 aliphatic heterocycles. The Labute approximate surface area is 156 Å². The van der Waals surface area contributed by atoms with E-state index < -0.39 is 85.2 Å². The highest BCUT2D eigenvalue weighted by atomic mass is 31.2. The zero-order chi connectivity index (χ0) is 21.7. The van der Waals surface area contributed by atoms with Crippen LogP contribution in [0.25, 0.3) is 0 Å². The molecule has 27 heavy (non-hydrogen) atoms. The molecular formula is C10H26NO12P4+. The first kappa shape index (κ1) is 27.3. The first-order valence-electron chi connectivity index (χ1n) is 7.45. The van der Waals surface area contributed by atoms with E-state index >= 15 is 0 Å². The Hall–Kier alpha value is 0.300. The topological polar surface area (TPSA) is 230 Å². The van der Waals surface area contributed by atoms with Gasteiger partial charge in [0, 0.05) is 0 Å². The molecule has 0 saturated heterocycles. The Morgan fingerprint density at radius 1 is 0.704 bits per heavy atom. The van der Waals surface area contributed by atoms with Crippen LogP contribution in [-0.2, 0) is 18.3 Å². The van der Waals surface area contributed by atoms with E-state index in [1.165, 1.54) is 0 Å². The van der Waals surface area contributed by atoms with Crippen LogP contribution in [0.2, 0.25) is 0 Å². The Morgan fingerprint density at radius 3 is 1.19 bits per heavy atom. The molecule has 0 spiro atoms. The van der Waals surface area contributed by atoms with Crippen molar-refractivity contribution < 1.29 is 61.9 Å². The number of hydrogen-bond acceptors (Lipinski definition) is 4. The van der Waals surface area contributed by atoms with Crippen molar-refractivity contribution in [1.82, 2.24) is 0 Å². The number of hydrogen-bond donors (Lipinski definition) is 8. The van der Waals surface area contributed by atoms with Crippen molar-refractivity contribution in [2.45, 2.75) is 5.66 Å². The molecule has 1 unspecified atom stereocenters. The molecule has 0 radical (unpaired) electrons. The lowest BCUT2D eigenvalue weighted by Gasteiger charge is -2.41. The van der Waals surface area contributed by atoms with Gasteiger partial charge >= 0.3 is 30.4 Å². The van der Waals surface area contributed by atoms with Crippen molar-refractivity contribution in [2.75, 3.05) is 44.7 Å². The maximum atomic E-state index is 11.6. The fourth-order valence-electron chi connectivity index (χ4n) is 2.35. The van der Waals surface area contributed by atoms with Crippen molar-refractivity contribution in [2.24, 2.45) is 0 Å². The van der Waals surface area contributed by atoms with Gasteiger partial charge in [0.05, 0.1) is 44.7 Å². The van der Waals surface area contributed by atoms with Crippen molar-refractivity contribution in [3.05, 3.63) is 12.7 Å². The number of nitrogens with zero attached hydrogens (tertiary/aromatic N) is 1. The third-order valence-electron chi connectivity index (χ3n) is 3.88. The molecule has 8 N–H and O–H groups in total. The van der Waals surface area contributed by atoms with E-state index in [4.69, 9.17) is 29.4 Å². The molecule has 162 valence electrons. The quantitative estimate of drug-likeness (QED) is 0.0915. The van der Waals surface area contributed by atoms with Crippen LogP contribution < -0.4 is 0 Å². The summed E-state index contributed by atoms with van der Waals surface area (Å²) >= 11 is 0. The summed E-state index contributed by atoms with van der Waals surface area (Å²) in [6.07, 6.45) is -1.53. The van der Waals surface area contributed by atoms with Gasteiger partial charge in [-0.1, -0.05) is 6.08 Å². The Bertz CT molecular complexity index is 622. The van der Waals surface area contributed by atoms with Crippen LogP contribution in [0.1, 0.15) is 0 Å². The summed E-state index contributed by atoms with van der Waals surface area (Å²) in [7, 11) is -18.6. The van der Waals surface area contributed by atoms with Gasteiger partial charge in [-0.05, 0) is 0 Å². The molecule has 0 aromatic heterocycles. The van der Waals surface area contributed by atoms with Crippen LogP contribution in [0.3, 0.4) is 0 Å². The van der Waals surface area contributed by atoms with Gasteiger partial charge in [-0.3, -0.25) is 18.3 Å². The first-order chi connectivity index (χ1) is 11.8. The zero-order valence-corrected chi connectivity index (χ0v) is 17.8. The molecule has 0 aliphatic carbocycles. The second kappa shape index (κ2) is 9.87. The fraction of sp³-hybridized carbons (Fsp3) is 0.800. The van der Waals surface area contributed by atoms with Gasteiger partial charge in [0.25, 0.3) is 0 Å². The van der Waals surface area contributed by atoms with Gasteiger partial charge in [-0.15, -0.1) is 6.58 Å². The van der Waals surface area contributed by atoms with E-state index in [1.54, 1.807) is 0 Å². The summed E-state index contributed by atoms with van der Waals surface area (Å²) in [5.41, 5.74) is -1.54. The van der Waals surface area contributed by atoms with Gasteiger partial charge in [0.1, 0.15) is 5.66 Å². The molecular weight excluding hydrogens is 450 g/mol. The third kappa shape index (κ3) is 13.2. The summed E-state index contributed by atoms with van der Waals surface area (Å²) in [6.45, 7) is 1.20. The Morgan fingerprint density at radius 2 is 1.00 bits per heavy atom. The smallest absolute Gasteiger partial charge is 0.324 e. The second-order valence-electron chi connectivity index (χ2n) is 6.25. The van der Waals surface area contributed by atoms with Gasteiger partial charge in [-0.2, -0.15) is 0 Å². The molecule has 1 atom stereocenters. The summed E-state index contributed by atoms with van der Waals surface area (Å²) in [6, 6.07) is 0. The maximum absolute atomic E-state index is 11.6. The molecule has 0 heterocycles. The predicted molar refractivity (Wildman–Crippen MR) is 96.5 cm³/mol. The first-order valence-corrected chi connectivity index (χ1v) is 14.5. The van der Waals surface area contributed by atoms with Crippen LogP contribution in [0, 0.1) is 0 Å². The molecule has 0 rings (SSSR count). The predicted octanol–water partition coefficient (Wildman–Crippen LogP) is -0.931. The maximum Gasteiger partial charge on any atom is 0.338 e. The number of rotatable bonds is 13. The van der Waals surface area contributed by atoms with Crippen molar-refractivity contribution in [3.63, 3.8) is 0 Å². The minimum Gasteiger partial charge on any atom is -0.324 e. The molecule has 0 saturated carbocycles. The summed E-state index contributed by atoms with van der Waals surface area (Å²) in [5.74, 6) is 0. The van der Waals surface area contributed by atoms with E-state index in [0.29, 0.717) is 0 Å². The van der Waals surface area contributed by atoms with E-state index in [9.17, 15) is 28.0 Å². The molecule has 0 aromatic carbocycles. The van der Waals surface area contributed by atoms with Crippen LogP contribution in [0.4, 0.5) is 0 Å². The van der Waals surface area contributed by atoms with Gasteiger partial charge in [0.15, 0.2) is 0 Å². The van der Waals surface area contributed by atoms with Crippen LogP contribution in [-0.4, -0.2) is 94.0 Å². The van der Waals surface area contributed by atoms with Gasteiger partial charge in [0.2, 0.25) is 0 Å². The zero-order valence-electron chi connectivity index (χ0n) is 14.3. The summed E-state index contributed by atoms with van der Waals surface area (Å²) < 4.78 is 44.6. The van der Waals surface area contributed by atoms with E-state index in [0.717, 1.165) is 6.08 Å². The van der Waals surface area contributed by atoms with E-state index in [-0.39, 0.29) is 0 Å². The highest BCUT2D eigenvalue weighted by Crippen LogP contribution is 2.45. The lowest BCUT2D eigenvalue weighted by molar-refractivity contribution is -0.921. The lowest BCUT2D eigenvalue weighted by atomic mass is 10.2. The van der Waals surface area contributed by atoms with Crippen molar-refractivity contribution in [1.29, 1.82) is 0 Å². The standard InChI is InChI=1S/C10H25NO12P4/c1-2-10(27(21,22)23)9-11(3-6-24(12,13)14,4-7-25(15,16)17)5-8-26(18,19)20/h2,10H,1,3-9H2,(H7-,12,13,14,15,16,17,18,19,20,21,22,23)/p+1. The van der Waals surface area contributed by atoms with Gasteiger partial charge in [-0.25, -0.2) is 0 Å². The third-order valence-corrected chi connectivity index (χ3v) is 7.46. The molecule has 0 aromatic rings. The monoisotopic (exact) mass is 476 g/mol.